The van der Waals surface area contributed by atoms with E-state index in [0.717, 1.165) is 25.7 Å². The molecule has 28 heavy (non-hydrogen) atoms. The maximum atomic E-state index is 12.4. The molecule has 2 aliphatic rings. The molecule has 0 radical (unpaired) electrons. The summed E-state index contributed by atoms with van der Waals surface area (Å²) in [5.41, 5.74) is 5.14. The van der Waals surface area contributed by atoms with Gasteiger partial charge in [0.15, 0.2) is 0 Å². The topological polar surface area (TPSA) is 52.6 Å². The smallest absolute Gasteiger partial charge is 0.240 e. The van der Waals surface area contributed by atoms with Crippen LogP contribution in [0.25, 0.3) is 0 Å². The molecule has 6 heteroatoms. The molecule has 2 aliphatic carbocycles. The Morgan fingerprint density at radius 3 is 1.25 bits per heavy atom. The summed E-state index contributed by atoms with van der Waals surface area (Å²) in [7, 11) is 0. The molecule has 5 rings (SSSR count). The van der Waals surface area contributed by atoms with E-state index in [4.69, 9.17) is 8.37 Å². The molecule has 0 saturated heterocycles. The number of benzene rings is 3. The van der Waals surface area contributed by atoms with E-state index in [1.807, 2.05) is 36.4 Å². The summed E-state index contributed by atoms with van der Waals surface area (Å²) in [5.74, 6) is 0.945. The average molecular weight is 411 g/mol. The van der Waals surface area contributed by atoms with Crippen LogP contribution in [0, 0.1) is 0 Å². The first kappa shape index (κ1) is 17.6. The highest BCUT2D eigenvalue weighted by molar-refractivity contribution is 7.80. The van der Waals surface area contributed by atoms with Gasteiger partial charge in [-0.25, -0.2) is 8.42 Å². The normalized spacial score (nSPS) is 16.0. The van der Waals surface area contributed by atoms with Crippen LogP contribution in [-0.2, 0) is 47.8 Å². The monoisotopic (exact) mass is 410 g/mol. The predicted molar refractivity (Wildman–Crippen MR) is 108 cm³/mol. The third-order valence-corrected chi connectivity index (χ3v) is 7.20. The lowest BCUT2D eigenvalue weighted by Gasteiger charge is -2.19. The van der Waals surface area contributed by atoms with Crippen molar-refractivity contribution >= 4 is 22.2 Å². The highest BCUT2D eigenvalue weighted by Crippen LogP contribution is 2.28. The van der Waals surface area contributed by atoms with Crippen molar-refractivity contribution in [3.63, 3.8) is 0 Å². The van der Waals surface area contributed by atoms with Gasteiger partial charge >= 0.3 is 0 Å². The summed E-state index contributed by atoms with van der Waals surface area (Å²) < 4.78 is 35.9. The molecular formula is C22H18O4S2. The predicted octanol–water partition coefficient (Wildman–Crippen LogP) is 4.09. The van der Waals surface area contributed by atoms with Gasteiger partial charge in [-0.3, -0.25) is 0 Å². The molecular weight excluding hydrogens is 392 g/mol. The van der Waals surface area contributed by atoms with Gasteiger partial charge in [0.25, 0.3) is 0 Å². The van der Waals surface area contributed by atoms with E-state index < -0.39 is 22.2 Å². The van der Waals surface area contributed by atoms with Crippen LogP contribution in [0.4, 0.5) is 0 Å². The minimum absolute atomic E-state index is 0.472. The van der Waals surface area contributed by atoms with Crippen molar-refractivity contribution < 1.29 is 16.8 Å². The SMILES string of the molecule is O=S(Oc1ccc(OS(=O)c2ccc3c(c2)CC3)cc1)c1ccc2c(c1)CC2. The third-order valence-electron chi connectivity index (χ3n) is 5.24. The van der Waals surface area contributed by atoms with Gasteiger partial charge in [0.1, 0.15) is 11.5 Å². The molecule has 0 saturated carbocycles. The molecule has 0 aliphatic heterocycles. The fourth-order valence-electron chi connectivity index (χ4n) is 3.37. The van der Waals surface area contributed by atoms with Crippen molar-refractivity contribution in [3.05, 3.63) is 82.9 Å². The second-order valence-electron chi connectivity index (χ2n) is 6.97. The summed E-state index contributed by atoms with van der Waals surface area (Å²) in [6.45, 7) is 0. The molecule has 3 aromatic carbocycles. The van der Waals surface area contributed by atoms with Gasteiger partial charge in [0, 0.05) is 0 Å². The Kier molecular flexibility index (Phi) is 4.53. The van der Waals surface area contributed by atoms with E-state index in [2.05, 4.69) is 0 Å². The van der Waals surface area contributed by atoms with E-state index in [-0.39, 0.29) is 0 Å². The van der Waals surface area contributed by atoms with Gasteiger partial charge in [-0.2, -0.15) is 0 Å². The molecule has 3 aromatic rings. The number of fused-ring (bicyclic) bond motifs is 2. The first-order valence-corrected chi connectivity index (χ1v) is 11.3. The minimum atomic E-state index is -1.57. The molecule has 4 nitrogen and oxygen atoms in total. The molecule has 0 amide bonds. The second kappa shape index (κ2) is 7.18. The number of hydrogen-bond donors (Lipinski definition) is 0. The van der Waals surface area contributed by atoms with Crippen molar-refractivity contribution in [1.29, 1.82) is 0 Å². The first-order valence-electron chi connectivity index (χ1n) is 9.19. The molecule has 0 fully saturated rings. The molecule has 142 valence electrons. The standard InChI is InChI=1S/C22H18O4S2/c23-27(21-11-5-15-1-3-17(15)13-21)25-19-7-9-20(10-8-19)26-28(24)22-12-6-16-2-4-18(16)14-22/h5-14H,1-4H2. The summed E-state index contributed by atoms with van der Waals surface area (Å²) in [6, 6.07) is 18.3. The lowest BCUT2D eigenvalue weighted by Crippen LogP contribution is -2.10. The van der Waals surface area contributed by atoms with Gasteiger partial charge in [0.05, 0.1) is 9.79 Å². The molecule has 0 aromatic heterocycles. The van der Waals surface area contributed by atoms with Crippen LogP contribution in [0.1, 0.15) is 22.3 Å². The average Bonchev–Trinajstić information content (AvgIpc) is 2.65. The molecule has 0 N–H and O–H groups in total. The Morgan fingerprint density at radius 2 is 0.929 bits per heavy atom. The van der Waals surface area contributed by atoms with E-state index in [0.29, 0.717) is 21.3 Å². The van der Waals surface area contributed by atoms with E-state index in [9.17, 15) is 8.42 Å². The van der Waals surface area contributed by atoms with E-state index in [1.54, 1.807) is 24.3 Å². The quantitative estimate of drug-likeness (QED) is 0.614. The fraction of sp³-hybridized carbons (Fsp3) is 0.182. The van der Waals surface area contributed by atoms with Gasteiger partial charge in [0.2, 0.25) is 22.2 Å². The highest BCUT2D eigenvalue weighted by Gasteiger charge is 2.17. The lowest BCUT2D eigenvalue weighted by atomic mass is 9.89. The van der Waals surface area contributed by atoms with Gasteiger partial charge < -0.3 is 8.37 Å². The summed E-state index contributed by atoms with van der Waals surface area (Å²) in [5, 5.41) is 0. The Morgan fingerprint density at radius 1 is 0.536 bits per heavy atom. The Hall–Kier alpha value is -2.44. The molecule has 2 unspecified atom stereocenters. The van der Waals surface area contributed by atoms with Crippen LogP contribution in [0.5, 0.6) is 11.5 Å². The van der Waals surface area contributed by atoms with Crippen LogP contribution in [0.15, 0.2) is 70.5 Å². The zero-order chi connectivity index (χ0) is 19.1. The summed E-state index contributed by atoms with van der Waals surface area (Å²) >= 11 is -3.13. The van der Waals surface area contributed by atoms with Crippen LogP contribution < -0.4 is 8.37 Å². The maximum absolute atomic E-state index is 12.4. The van der Waals surface area contributed by atoms with Crippen LogP contribution >= 0.6 is 0 Å². The van der Waals surface area contributed by atoms with Crippen LogP contribution in [0.2, 0.25) is 0 Å². The first-order chi connectivity index (χ1) is 13.7. The van der Waals surface area contributed by atoms with Crippen LogP contribution in [-0.4, -0.2) is 8.42 Å². The van der Waals surface area contributed by atoms with Gasteiger partial charge in [-0.15, -0.1) is 0 Å². The molecule has 0 heterocycles. The van der Waals surface area contributed by atoms with Crippen LogP contribution in [0.3, 0.4) is 0 Å². The van der Waals surface area contributed by atoms with Gasteiger partial charge in [-0.1, -0.05) is 12.1 Å². The van der Waals surface area contributed by atoms with Crippen molar-refractivity contribution in [3.8, 4) is 11.5 Å². The number of aryl methyl sites for hydroxylation is 4. The second-order valence-corrected chi connectivity index (χ2v) is 9.18. The Bertz CT molecular complexity index is 1020. The zero-order valence-electron chi connectivity index (χ0n) is 15.1. The third kappa shape index (κ3) is 3.38. The fourth-order valence-corrected chi connectivity index (χ4v) is 4.97. The Balaban J connectivity index is 1.23. The van der Waals surface area contributed by atoms with E-state index in [1.165, 1.54) is 22.3 Å². The van der Waals surface area contributed by atoms with Gasteiger partial charge in [-0.05, 0) is 96.5 Å². The summed E-state index contributed by atoms with van der Waals surface area (Å²) in [6.07, 6.45) is 4.26. The van der Waals surface area contributed by atoms with Crippen molar-refractivity contribution in [2.24, 2.45) is 0 Å². The van der Waals surface area contributed by atoms with Crippen molar-refractivity contribution in [2.45, 2.75) is 35.5 Å². The Labute approximate surface area is 168 Å². The molecule has 0 bridgehead atoms. The lowest BCUT2D eigenvalue weighted by molar-refractivity contribution is 0.550. The molecule has 0 spiro atoms. The maximum Gasteiger partial charge on any atom is 0.240 e. The van der Waals surface area contributed by atoms with Crippen molar-refractivity contribution in [1.82, 2.24) is 0 Å². The highest BCUT2D eigenvalue weighted by atomic mass is 32.2. The molecule has 2 atom stereocenters. The van der Waals surface area contributed by atoms with Crippen molar-refractivity contribution in [2.75, 3.05) is 0 Å². The zero-order valence-corrected chi connectivity index (χ0v) is 16.7. The number of rotatable bonds is 6. The summed E-state index contributed by atoms with van der Waals surface area (Å²) in [4.78, 5) is 1.33. The van der Waals surface area contributed by atoms with E-state index >= 15 is 0 Å². The number of hydrogen-bond acceptors (Lipinski definition) is 4. The minimum Gasteiger partial charge on any atom is -0.397 e. The largest absolute Gasteiger partial charge is 0.397 e.